The molecule has 2 amide bonds. The van der Waals surface area contributed by atoms with Crippen molar-refractivity contribution in [1.29, 1.82) is 0 Å². The monoisotopic (exact) mass is 569 g/mol. The maximum absolute atomic E-state index is 13.9. The number of rotatable bonds is 2. The van der Waals surface area contributed by atoms with Crippen molar-refractivity contribution in [2.75, 3.05) is 4.90 Å². The normalized spacial score (nSPS) is 24.4. The van der Waals surface area contributed by atoms with Gasteiger partial charge in [-0.05, 0) is 36.4 Å². The van der Waals surface area contributed by atoms with Crippen LogP contribution in [0.2, 0.25) is 10.0 Å². The number of fused-ring (bicyclic) bond motifs is 3. The average molecular weight is 571 g/mol. The fourth-order valence-corrected chi connectivity index (χ4v) is 6.16. The zero-order valence-corrected chi connectivity index (χ0v) is 20.8. The summed E-state index contributed by atoms with van der Waals surface area (Å²) in [6, 6.07) is 17.6. The molecule has 2 fully saturated rings. The van der Waals surface area contributed by atoms with E-state index < -0.39 is 46.9 Å². The molecule has 0 N–H and O–H groups in total. The van der Waals surface area contributed by atoms with Crippen LogP contribution < -0.4 is 4.90 Å². The summed E-state index contributed by atoms with van der Waals surface area (Å²) in [7, 11) is 0. The number of ketones is 2. The molecule has 6 rings (SSSR count). The average Bonchev–Trinajstić information content (AvgIpc) is 3.40. The second-order valence-electron chi connectivity index (χ2n) is 8.64. The van der Waals surface area contributed by atoms with E-state index in [1.165, 1.54) is 18.2 Å². The molecule has 3 aliphatic rings. The number of amides is 2. The summed E-state index contributed by atoms with van der Waals surface area (Å²) < 4.78 is 7.00. The van der Waals surface area contributed by atoms with Crippen LogP contribution in [0, 0.1) is 11.8 Å². The van der Waals surface area contributed by atoms with Crippen molar-refractivity contribution in [3.8, 4) is 0 Å². The lowest BCUT2D eigenvalue weighted by atomic mass is 9.77. The quantitative estimate of drug-likeness (QED) is 0.302. The summed E-state index contributed by atoms with van der Waals surface area (Å²) in [5.41, 5.74) is -1.11. The van der Waals surface area contributed by atoms with Crippen molar-refractivity contribution >= 4 is 68.2 Å². The first-order valence-electron chi connectivity index (χ1n) is 10.7. The molecule has 0 saturated carbocycles. The van der Waals surface area contributed by atoms with Gasteiger partial charge in [0.25, 0.3) is 0 Å². The maximum atomic E-state index is 13.9. The van der Waals surface area contributed by atoms with E-state index >= 15 is 0 Å². The molecule has 0 aromatic heterocycles. The fraction of sp³-hybridized carbons (Fsp3) is 0.154. The molecule has 1 aliphatic carbocycles. The van der Waals surface area contributed by atoms with Crippen LogP contribution in [-0.2, 0) is 14.3 Å². The van der Waals surface area contributed by atoms with Crippen LogP contribution in [0.15, 0.2) is 71.2 Å². The third-order valence-corrected chi connectivity index (χ3v) is 7.96. The van der Waals surface area contributed by atoms with E-state index in [0.717, 1.165) is 9.37 Å². The Kier molecular flexibility index (Phi) is 5.06. The van der Waals surface area contributed by atoms with E-state index in [-0.39, 0.29) is 16.1 Å². The second-order valence-corrected chi connectivity index (χ2v) is 10.4. The van der Waals surface area contributed by atoms with Crippen molar-refractivity contribution < 1.29 is 23.9 Å². The number of carbonyl (C=O) groups excluding carboxylic acids is 4. The number of nitrogens with zero attached hydrogens (tertiary/aromatic N) is 1. The molecule has 1 spiro atoms. The molecule has 2 heterocycles. The van der Waals surface area contributed by atoms with Gasteiger partial charge in [0.1, 0.15) is 0 Å². The van der Waals surface area contributed by atoms with Gasteiger partial charge in [-0.15, -0.1) is 0 Å². The van der Waals surface area contributed by atoms with Gasteiger partial charge >= 0.3 is 0 Å². The first-order valence-corrected chi connectivity index (χ1v) is 12.3. The zero-order valence-electron chi connectivity index (χ0n) is 17.7. The highest BCUT2D eigenvalue weighted by Crippen LogP contribution is 2.58. The van der Waals surface area contributed by atoms with Crippen LogP contribution in [0.25, 0.3) is 0 Å². The summed E-state index contributed by atoms with van der Waals surface area (Å²) in [6.45, 7) is 0. The number of ether oxygens (including phenoxy) is 1. The molecule has 3 aromatic rings. The molecule has 6 nitrogen and oxygen atoms in total. The topological polar surface area (TPSA) is 80.8 Å². The fourth-order valence-electron chi connectivity index (χ4n) is 5.38. The van der Waals surface area contributed by atoms with Gasteiger partial charge in [-0.3, -0.25) is 19.2 Å². The predicted octanol–water partition coefficient (Wildman–Crippen LogP) is 5.45. The molecule has 3 aromatic carbocycles. The molecule has 2 saturated heterocycles. The number of imide groups is 1. The van der Waals surface area contributed by atoms with Gasteiger partial charge < -0.3 is 4.74 Å². The molecule has 0 bridgehead atoms. The Morgan fingerprint density at radius 1 is 0.829 bits per heavy atom. The highest BCUT2D eigenvalue weighted by atomic mass is 79.9. The Labute approximate surface area is 217 Å². The minimum absolute atomic E-state index is 0.168. The van der Waals surface area contributed by atoms with Gasteiger partial charge in [-0.1, -0.05) is 69.5 Å². The largest absolute Gasteiger partial charge is 0.349 e. The second kappa shape index (κ2) is 7.83. The van der Waals surface area contributed by atoms with Gasteiger partial charge in [0, 0.05) is 31.2 Å². The van der Waals surface area contributed by atoms with E-state index in [1.807, 2.05) is 0 Å². The van der Waals surface area contributed by atoms with Crippen LogP contribution in [-0.4, -0.2) is 29.0 Å². The maximum Gasteiger partial charge on any atom is 0.241 e. The van der Waals surface area contributed by atoms with Crippen LogP contribution in [0.5, 0.6) is 0 Å². The Morgan fingerprint density at radius 3 is 2.06 bits per heavy atom. The molecule has 9 heteroatoms. The number of benzene rings is 3. The highest BCUT2D eigenvalue weighted by molar-refractivity contribution is 9.10. The third kappa shape index (κ3) is 2.99. The Hall–Kier alpha value is -2.84. The van der Waals surface area contributed by atoms with Crippen LogP contribution in [0.4, 0.5) is 5.69 Å². The SMILES string of the molecule is O=C1[C@@H]2[C@@H](c3ccc(Cl)cc3Cl)OC3(C(=O)c4ccccc4C3=O)[C@@H]2C(=O)N1c1ccc(Br)cc1. The van der Waals surface area contributed by atoms with Crippen molar-refractivity contribution in [1.82, 2.24) is 0 Å². The van der Waals surface area contributed by atoms with E-state index in [2.05, 4.69) is 15.9 Å². The zero-order chi connectivity index (χ0) is 24.6. The lowest BCUT2D eigenvalue weighted by Crippen LogP contribution is -2.51. The molecular weight excluding hydrogens is 557 g/mol. The smallest absolute Gasteiger partial charge is 0.241 e. The summed E-state index contributed by atoms with van der Waals surface area (Å²) in [6.07, 6.45) is -1.11. The van der Waals surface area contributed by atoms with Crippen molar-refractivity contribution in [2.45, 2.75) is 11.7 Å². The standard InChI is InChI=1S/C26H14BrCl2NO5/c27-12-5-8-14(9-6-12)30-24(33)19-20(25(30)34)26(22(31)15-3-1-2-4-16(15)23(26)32)35-21(19)17-10-7-13(28)11-18(17)29/h1-11,19-21H/t19-,20-,21+/m0/s1. The van der Waals surface area contributed by atoms with Crippen LogP contribution in [0.1, 0.15) is 32.4 Å². The van der Waals surface area contributed by atoms with Gasteiger partial charge in [0.05, 0.1) is 23.6 Å². The van der Waals surface area contributed by atoms with Crippen molar-refractivity contribution in [3.63, 3.8) is 0 Å². The number of Topliss-reactive ketones (excluding diaryl/α,β-unsaturated/α-hetero) is 2. The Balaban J connectivity index is 1.56. The number of anilines is 1. The van der Waals surface area contributed by atoms with Gasteiger partial charge in [0.15, 0.2) is 0 Å². The summed E-state index contributed by atoms with van der Waals surface area (Å²) in [5.74, 6) is -4.95. The van der Waals surface area contributed by atoms with Gasteiger partial charge in [0.2, 0.25) is 29.0 Å². The number of hydrogen-bond acceptors (Lipinski definition) is 5. The van der Waals surface area contributed by atoms with Gasteiger partial charge in [-0.2, -0.15) is 0 Å². The predicted molar refractivity (Wildman–Crippen MR) is 132 cm³/mol. The van der Waals surface area contributed by atoms with E-state index in [0.29, 0.717) is 16.3 Å². The lowest BCUT2D eigenvalue weighted by Gasteiger charge is -2.27. The number of hydrogen-bond donors (Lipinski definition) is 0. The summed E-state index contributed by atoms with van der Waals surface area (Å²) >= 11 is 15.9. The summed E-state index contributed by atoms with van der Waals surface area (Å²) in [5, 5.41) is 0.574. The molecule has 3 atom stereocenters. The Morgan fingerprint density at radius 2 is 1.46 bits per heavy atom. The van der Waals surface area contributed by atoms with E-state index in [1.54, 1.807) is 48.5 Å². The van der Waals surface area contributed by atoms with Crippen molar-refractivity contribution in [2.24, 2.45) is 11.8 Å². The molecule has 2 aliphatic heterocycles. The molecule has 174 valence electrons. The number of carbonyl (C=O) groups is 4. The van der Waals surface area contributed by atoms with Crippen LogP contribution in [0.3, 0.4) is 0 Å². The minimum atomic E-state index is -2.15. The van der Waals surface area contributed by atoms with E-state index in [4.69, 9.17) is 27.9 Å². The molecule has 0 radical (unpaired) electrons. The molecule has 35 heavy (non-hydrogen) atoms. The first kappa shape index (κ1) is 22.6. The van der Waals surface area contributed by atoms with E-state index in [9.17, 15) is 19.2 Å². The molecular formula is C26H14BrCl2NO5. The van der Waals surface area contributed by atoms with Gasteiger partial charge in [-0.25, -0.2) is 4.90 Å². The Bertz CT molecular complexity index is 1440. The lowest BCUT2D eigenvalue weighted by molar-refractivity contribution is -0.127. The molecule has 0 unspecified atom stereocenters. The first-order chi connectivity index (χ1) is 16.8. The highest BCUT2D eigenvalue weighted by Gasteiger charge is 2.74. The van der Waals surface area contributed by atoms with Crippen molar-refractivity contribution in [3.05, 3.63) is 97.9 Å². The number of halogens is 3. The minimum Gasteiger partial charge on any atom is -0.349 e. The van der Waals surface area contributed by atoms with Crippen LogP contribution >= 0.6 is 39.1 Å². The summed E-state index contributed by atoms with van der Waals surface area (Å²) in [4.78, 5) is 56.2. The third-order valence-electron chi connectivity index (χ3n) is 6.87.